The number of aliphatic imine (C=N–C) groups is 1. The van der Waals surface area contributed by atoms with E-state index in [-0.39, 0.29) is 11.8 Å². The van der Waals surface area contributed by atoms with E-state index in [1.807, 2.05) is 4.90 Å². The van der Waals surface area contributed by atoms with Crippen LogP contribution in [0.3, 0.4) is 0 Å². The van der Waals surface area contributed by atoms with Gasteiger partial charge in [0.2, 0.25) is 5.91 Å². The van der Waals surface area contributed by atoms with Gasteiger partial charge >= 0.3 is 0 Å². The Morgan fingerprint density at radius 2 is 1.81 bits per heavy atom. The summed E-state index contributed by atoms with van der Waals surface area (Å²) in [6.45, 7) is 9.06. The second kappa shape index (κ2) is 6.39. The smallest absolute Gasteiger partial charge is 0.236 e. The summed E-state index contributed by atoms with van der Waals surface area (Å²) in [6, 6.07) is 10.7. The second-order valence-corrected chi connectivity index (χ2v) is 7.83. The fraction of sp³-hybridized carbons (Fsp3) is 0.391. The highest BCUT2D eigenvalue weighted by molar-refractivity contribution is 6.15. The summed E-state index contributed by atoms with van der Waals surface area (Å²) >= 11 is 0. The van der Waals surface area contributed by atoms with Crippen LogP contribution in [0.1, 0.15) is 47.1 Å². The summed E-state index contributed by atoms with van der Waals surface area (Å²) in [7, 11) is 0. The topological polar surface area (TPSA) is 32.7 Å². The first-order valence-corrected chi connectivity index (χ1v) is 9.50. The van der Waals surface area contributed by atoms with Gasteiger partial charge < -0.3 is 4.90 Å². The highest BCUT2D eigenvalue weighted by Crippen LogP contribution is 2.40. The van der Waals surface area contributed by atoms with E-state index < -0.39 is 0 Å². The third-order valence-corrected chi connectivity index (χ3v) is 5.87. The van der Waals surface area contributed by atoms with Crippen LogP contribution in [0.15, 0.2) is 35.3 Å². The third-order valence-electron chi connectivity index (χ3n) is 5.87. The van der Waals surface area contributed by atoms with E-state index in [1.54, 1.807) is 0 Å². The predicted octanol–water partition coefficient (Wildman–Crippen LogP) is 5.34. The molecule has 0 N–H and O–H groups in total. The van der Waals surface area contributed by atoms with Crippen molar-refractivity contribution in [2.75, 3.05) is 4.90 Å². The summed E-state index contributed by atoms with van der Waals surface area (Å²) in [4.78, 5) is 20.4. The van der Waals surface area contributed by atoms with Crippen LogP contribution in [0.5, 0.6) is 0 Å². The molecule has 1 aliphatic carbocycles. The fourth-order valence-electron chi connectivity index (χ4n) is 4.09. The van der Waals surface area contributed by atoms with E-state index in [0.717, 1.165) is 36.3 Å². The lowest BCUT2D eigenvalue weighted by molar-refractivity contribution is -0.120. The summed E-state index contributed by atoms with van der Waals surface area (Å²) in [5, 5.41) is 0. The van der Waals surface area contributed by atoms with Gasteiger partial charge in [0.15, 0.2) is 0 Å². The van der Waals surface area contributed by atoms with Gasteiger partial charge in [-0.05, 0) is 81.3 Å². The van der Waals surface area contributed by atoms with Gasteiger partial charge in [0.25, 0.3) is 0 Å². The zero-order chi connectivity index (χ0) is 18.4. The van der Waals surface area contributed by atoms with Gasteiger partial charge in [-0.25, -0.2) is 0 Å². The largest absolute Gasteiger partial charge is 0.305 e. The van der Waals surface area contributed by atoms with Crippen molar-refractivity contribution in [2.24, 2.45) is 10.9 Å². The molecule has 2 aromatic carbocycles. The summed E-state index contributed by atoms with van der Waals surface area (Å²) in [5.41, 5.74) is 9.08. The number of fused-ring (bicyclic) bond motifs is 2. The molecule has 134 valence electrons. The van der Waals surface area contributed by atoms with Crippen molar-refractivity contribution in [3.8, 4) is 0 Å². The van der Waals surface area contributed by atoms with Gasteiger partial charge in [0, 0.05) is 5.71 Å². The molecule has 2 aromatic rings. The Bertz CT molecular complexity index is 926. The highest BCUT2D eigenvalue weighted by atomic mass is 16.2. The van der Waals surface area contributed by atoms with Crippen LogP contribution in [-0.2, 0) is 11.3 Å². The quantitative estimate of drug-likeness (QED) is 0.722. The summed E-state index contributed by atoms with van der Waals surface area (Å²) in [6.07, 6.45) is 2.93. The van der Waals surface area contributed by atoms with Crippen LogP contribution in [0.4, 0.5) is 11.4 Å². The van der Waals surface area contributed by atoms with Crippen LogP contribution >= 0.6 is 0 Å². The lowest BCUT2D eigenvalue weighted by atomic mass is 10.0. The summed E-state index contributed by atoms with van der Waals surface area (Å²) in [5.74, 6) is 0.164. The van der Waals surface area contributed by atoms with Crippen LogP contribution in [0.2, 0.25) is 0 Å². The maximum absolute atomic E-state index is 13.4. The fourth-order valence-corrected chi connectivity index (χ4v) is 4.09. The van der Waals surface area contributed by atoms with Crippen molar-refractivity contribution in [2.45, 2.75) is 53.5 Å². The molecular weight excluding hydrogens is 320 g/mol. The lowest BCUT2D eigenvalue weighted by Crippen LogP contribution is -2.36. The van der Waals surface area contributed by atoms with Crippen LogP contribution in [0, 0.1) is 33.6 Å². The van der Waals surface area contributed by atoms with E-state index in [1.165, 1.54) is 27.8 Å². The number of aryl methyl sites for hydroxylation is 4. The van der Waals surface area contributed by atoms with Crippen molar-refractivity contribution in [1.29, 1.82) is 0 Å². The molecule has 0 aromatic heterocycles. The maximum atomic E-state index is 13.4. The van der Waals surface area contributed by atoms with E-state index in [2.05, 4.69) is 58.0 Å². The number of hydrogen-bond donors (Lipinski definition) is 0. The van der Waals surface area contributed by atoms with Crippen LogP contribution in [-0.4, -0.2) is 11.6 Å². The Kier molecular flexibility index (Phi) is 4.18. The molecule has 0 saturated heterocycles. The molecule has 2 aliphatic rings. The van der Waals surface area contributed by atoms with Crippen molar-refractivity contribution < 1.29 is 4.79 Å². The first kappa shape index (κ1) is 17.0. The molecule has 4 rings (SSSR count). The monoisotopic (exact) mass is 346 g/mol. The highest BCUT2D eigenvalue weighted by Gasteiger charge is 2.36. The number of rotatable bonds is 2. The Balaban J connectivity index is 1.84. The molecular formula is C23H26N2O. The second-order valence-electron chi connectivity index (χ2n) is 7.83. The first-order valence-electron chi connectivity index (χ1n) is 9.50. The molecule has 3 heteroatoms. The Morgan fingerprint density at radius 1 is 1.04 bits per heavy atom. The molecule has 3 nitrogen and oxygen atoms in total. The average Bonchev–Trinajstić information content (AvgIpc) is 3.03. The van der Waals surface area contributed by atoms with Gasteiger partial charge in [-0.1, -0.05) is 23.8 Å². The average molecular weight is 346 g/mol. The van der Waals surface area contributed by atoms with Crippen molar-refractivity contribution >= 4 is 23.0 Å². The zero-order valence-electron chi connectivity index (χ0n) is 16.1. The number of amides is 1. The van der Waals surface area contributed by atoms with Gasteiger partial charge in [-0.2, -0.15) is 0 Å². The number of carbonyl (C=O) groups is 1. The Labute approximate surface area is 155 Å². The van der Waals surface area contributed by atoms with Crippen LogP contribution < -0.4 is 4.90 Å². The number of carbonyl (C=O) groups excluding carboxylic acids is 1. The molecule has 26 heavy (non-hydrogen) atoms. The van der Waals surface area contributed by atoms with Gasteiger partial charge in [0.05, 0.1) is 23.8 Å². The van der Waals surface area contributed by atoms with Crippen molar-refractivity contribution in [3.63, 3.8) is 0 Å². The minimum Gasteiger partial charge on any atom is -0.305 e. The normalized spacial score (nSPS) is 19.1. The predicted molar refractivity (Wildman–Crippen MR) is 107 cm³/mol. The minimum atomic E-state index is -0.0480. The molecule has 1 fully saturated rings. The van der Waals surface area contributed by atoms with Crippen LogP contribution in [0.25, 0.3) is 0 Å². The first-order chi connectivity index (χ1) is 12.4. The molecule has 1 heterocycles. The number of benzene rings is 2. The zero-order valence-corrected chi connectivity index (χ0v) is 16.1. The maximum Gasteiger partial charge on any atom is 0.236 e. The molecule has 1 amide bonds. The SMILES string of the molecule is Cc1ccc(C)c(CN2C(=O)[C@H]3CCCC3=Nc3cc(C)c(C)cc32)c1. The number of anilines is 1. The molecule has 1 aliphatic heterocycles. The molecule has 0 radical (unpaired) electrons. The standard InChI is InChI=1S/C23H26N2O/c1-14-8-9-15(2)18(10-14)13-25-22-12-17(4)16(3)11-21(22)24-20-7-5-6-19(20)23(25)26/h8-12,19H,5-7,13H2,1-4H3/t19-/m0/s1. The Hall–Kier alpha value is -2.42. The molecule has 0 unspecified atom stereocenters. The molecule has 1 saturated carbocycles. The number of hydrogen-bond acceptors (Lipinski definition) is 2. The Morgan fingerprint density at radius 3 is 2.62 bits per heavy atom. The van der Waals surface area contributed by atoms with Gasteiger partial charge in [0.1, 0.15) is 0 Å². The van der Waals surface area contributed by atoms with E-state index >= 15 is 0 Å². The van der Waals surface area contributed by atoms with E-state index in [0.29, 0.717) is 6.54 Å². The summed E-state index contributed by atoms with van der Waals surface area (Å²) < 4.78 is 0. The van der Waals surface area contributed by atoms with E-state index in [9.17, 15) is 4.79 Å². The third kappa shape index (κ3) is 2.86. The molecule has 0 bridgehead atoms. The van der Waals surface area contributed by atoms with Crippen molar-refractivity contribution in [1.82, 2.24) is 0 Å². The molecule has 1 atom stereocenters. The van der Waals surface area contributed by atoms with E-state index in [4.69, 9.17) is 4.99 Å². The van der Waals surface area contributed by atoms with Crippen molar-refractivity contribution in [3.05, 3.63) is 58.1 Å². The number of nitrogens with zero attached hydrogens (tertiary/aromatic N) is 2. The minimum absolute atomic E-state index is 0.0480. The molecule has 0 spiro atoms. The van der Waals surface area contributed by atoms with Gasteiger partial charge in [-0.3, -0.25) is 9.79 Å². The van der Waals surface area contributed by atoms with Gasteiger partial charge in [-0.15, -0.1) is 0 Å². The lowest BCUT2D eigenvalue weighted by Gasteiger charge is -2.26.